The topological polar surface area (TPSA) is 38.8 Å². The molecule has 5 nitrogen and oxygen atoms in total. The summed E-state index contributed by atoms with van der Waals surface area (Å²) >= 11 is 0. The van der Waals surface area contributed by atoms with Gasteiger partial charge in [-0.1, -0.05) is 26.0 Å². The fourth-order valence-electron chi connectivity index (χ4n) is 3.11. The minimum Gasteiger partial charge on any atom is -0.378 e. The lowest BCUT2D eigenvalue weighted by Crippen LogP contribution is -2.50. The smallest absolute Gasteiger partial charge is 0.244 e. The Morgan fingerprint density at radius 1 is 1.13 bits per heavy atom. The predicted octanol–water partition coefficient (Wildman–Crippen LogP) is 1.57. The van der Waals surface area contributed by atoms with Crippen LogP contribution < -0.4 is 10.2 Å². The van der Waals surface area contributed by atoms with Crippen LogP contribution in [0, 0.1) is 0 Å². The monoisotopic (exact) mass is 318 g/mol. The van der Waals surface area contributed by atoms with Crippen molar-refractivity contribution in [3.05, 3.63) is 29.8 Å². The molecule has 0 aliphatic carbocycles. The zero-order valence-electron chi connectivity index (χ0n) is 14.9. The summed E-state index contributed by atoms with van der Waals surface area (Å²) in [5.41, 5.74) is 2.24. The molecular weight excluding hydrogens is 288 g/mol. The van der Waals surface area contributed by atoms with E-state index < -0.39 is 0 Å². The van der Waals surface area contributed by atoms with Crippen LogP contribution in [-0.4, -0.2) is 69.1 Å². The minimum atomic E-state index is -0.181. The molecule has 128 valence electrons. The lowest BCUT2D eigenvalue weighted by atomic mass is 10.0. The summed E-state index contributed by atoms with van der Waals surface area (Å²) in [6.45, 7) is 9.35. The second-order valence-electron chi connectivity index (χ2n) is 6.18. The lowest BCUT2D eigenvalue weighted by molar-refractivity contribution is -0.137. The van der Waals surface area contributed by atoms with Gasteiger partial charge in [0.2, 0.25) is 5.91 Å². The van der Waals surface area contributed by atoms with Gasteiger partial charge in [0.15, 0.2) is 0 Å². The van der Waals surface area contributed by atoms with E-state index in [1.165, 1.54) is 0 Å². The number of hydrogen-bond donors (Lipinski definition) is 1. The highest BCUT2D eigenvalue weighted by molar-refractivity contribution is 5.83. The maximum Gasteiger partial charge on any atom is 0.244 e. The molecule has 1 saturated heterocycles. The number of hydrogen-bond acceptors (Lipinski definition) is 4. The van der Waals surface area contributed by atoms with Crippen LogP contribution in [0.1, 0.15) is 25.5 Å². The Morgan fingerprint density at radius 3 is 2.17 bits per heavy atom. The van der Waals surface area contributed by atoms with Crippen molar-refractivity contribution in [2.45, 2.75) is 19.9 Å². The third-order valence-electron chi connectivity index (χ3n) is 4.57. The second-order valence-corrected chi connectivity index (χ2v) is 6.18. The summed E-state index contributed by atoms with van der Waals surface area (Å²) < 4.78 is 0. The SMILES string of the molecule is CCN(CC)C(C(=O)N1CCNCC1)c1ccc(N(C)C)cc1. The van der Waals surface area contributed by atoms with Gasteiger partial charge in [-0.3, -0.25) is 9.69 Å². The Labute approximate surface area is 140 Å². The molecule has 0 spiro atoms. The van der Waals surface area contributed by atoms with Crippen LogP contribution >= 0.6 is 0 Å². The third kappa shape index (κ3) is 4.24. The molecule has 0 radical (unpaired) electrons. The van der Waals surface area contributed by atoms with Gasteiger partial charge < -0.3 is 15.1 Å². The summed E-state index contributed by atoms with van der Waals surface area (Å²) in [6.07, 6.45) is 0. The minimum absolute atomic E-state index is 0.181. The van der Waals surface area contributed by atoms with Gasteiger partial charge in [0.05, 0.1) is 0 Å². The van der Waals surface area contributed by atoms with Crippen molar-refractivity contribution in [1.82, 2.24) is 15.1 Å². The van der Waals surface area contributed by atoms with Crippen LogP contribution in [0.3, 0.4) is 0 Å². The first-order valence-electron chi connectivity index (χ1n) is 8.59. The van der Waals surface area contributed by atoms with Crippen molar-refractivity contribution in [3.8, 4) is 0 Å². The molecule has 0 bridgehead atoms. The summed E-state index contributed by atoms with van der Waals surface area (Å²) in [7, 11) is 4.06. The number of carbonyl (C=O) groups excluding carboxylic acids is 1. The molecule has 0 aromatic heterocycles. The fraction of sp³-hybridized carbons (Fsp3) is 0.611. The number of likely N-dealkylation sites (N-methyl/N-ethyl adjacent to an activating group) is 1. The fourth-order valence-corrected chi connectivity index (χ4v) is 3.11. The molecule has 1 aliphatic rings. The van der Waals surface area contributed by atoms with Crippen molar-refractivity contribution in [3.63, 3.8) is 0 Å². The van der Waals surface area contributed by atoms with Gasteiger partial charge in [0.1, 0.15) is 6.04 Å². The van der Waals surface area contributed by atoms with Gasteiger partial charge in [-0.2, -0.15) is 0 Å². The molecule has 1 aliphatic heterocycles. The van der Waals surface area contributed by atoms with Crippen LogP contribution in [-0.2, 0) is 4.79 Å². The maximum atomic E-state index is 13.1. The Hall–Kier alpha value is -1.59. The third-order valence-corrected chi connectivity index (χ3v) is 4.57. The van der Waals surface area contributed by atoms with Gasteiger partial charge in [0.25, 0.3) is 0 Å². The Kier molecular flexibility index (Phi) is 6.42. The van der Waals surface area contributed by atoms with Gasteiger partial charge >= 0.3 is 0 Å². The second kappa shape index (κ2) is 8.31. The largest absolute Gasteiger partial charge is 0.378 e. The molecule has 1 heterocycles. The molecule has 0 saturated carbocycles. The quantitative estimate of drug-likeness (QED) is 0.864. The van der Waals surface area contributed by atoms with Crippen LogP contribution in [0.15, 0.2) is 24.3 Å². The van der Waals surface area contributed by atoms with E-state index in [2.05, 4.69) is 53.2 Å². The van der Waals surface area contributed by atoms with E-state index in [9.17, 15) is 4.79 Å². The number of nitrogens with zero attached hydrogens (tertiary/aromatic N) is 3. The Balaban J connectivity index is 2.27. The van der Waals surface area contributed by atoms with Crippen molar-refractivity contribution < 1.29 is 4.79 Å². The highest BCUT2D eigenvalue weighted by atomic mass is 16.2. The van der Waals surface area contributed by atoms with Gasteiger partial charge in [-0.15, -0.1) is 0 Å². The van der Waals surface area contributed by atoms with E-state index in [1.807, 2.05) is 19.0 Å². The molecule has 1 fully saturated rings. The van der Waals surface area contributed by atoms with E-state index in [4.69, 9.17) is 0 Å². The summed E-state index contributed by atoms with van der Waals surface area (Å²) in [6, 6.07) is 8.20. The first kappa shape index (κ1) is 17.8. The van der Waals surface area contributed by atoms with Crippen LogP contribution in [0.4, 0.5) is 5.69 Å². The number of anilines is 1. The summed E-state index contributed by atoms with van der Waals surface area (Å²) in [5, 5.41) is 3.31. The number of amides is 1. The molecule has 2 rings (SSSR count). The number of nitrogens with one attached hydrogen (secondary N) is 1. The molecular formula is C18H30N4O. The van der Waals surface area contributed by atoms with E-state index in [-0.39, 0.29) is 11.9 Å². The zero-order chi connectivity index (χ0) is 16.8. The molecule has 23 heavy (non-hydrogen) atoms. The Morgan fingerprint density at radius 2 is 1.70 bits per heavy atom. The molecule has 1 N–H and O–H groups in total. The first-order chi connectivity index (χ1) is 11.1. The Bertz CT molecular complexity index is 490. The van der Waals surface area contributed by atoms with Gasteiger partial charge in [-0.25, -0.2) is 0 Å². The lowest BCUT2D eigenvalue weighted by Gasteiger charge is -2.36. The van der Waals surface area contributed by atoms with Crippen LogP contribution in [0.25, 0.3) is 0 Å². The maximum absolute atomic E-state index is 13.1. The highest BCUT2D eigenvalue weighted by Gasteiger charge is 2.30. The molecule has 1 aromatic rings. The summed E-state index contributed by atoms with van der Waals surface area (Å²) in [4.78, 5) is 19.4. The number of piperazine rings is 1. The van der Waals surface area contributed by atoms with Gasteiger partial charge in [-0.05, 0) is 30.8 Å². The van der Waals surface area contributed by atoms with Crippen LogP contribution in [0.2, 0.25) is 0 Å². The standard InChI is InChI=1S/C18H30N4O/c1-5-21(6-2)17(18(23)22-13-11-19-12-14-22)15-7-9-16(10-8-15)20(3)4/h7-10,17,19H,5-6,11-14H2,1-4H3. The molecule has 1 atom stereocenters. The number of rotatable bonds is 6. The molecule has 1 amide bonds. The molecule has 5 heteroatoms. The van der Waals surface area contributed by atoms with Crippen LogP contribution in [0.5, 0.6) is 0 Å². The molecule has 1 aromatic carbocycles. The van der Waals surface area contributed by atoms with Gasteiger partial charge in [0, 0.05) is 46.0 Å². The average molecular weight is 318 g/mol. The zero-order valence-corrected chi connectivity index (χ0v) is 14.9. The van der Waals surface area contributed by atoms with E-state index in [1.54, 1.807) is 0 Å². The molecule has 1 unspecified atom stereocenters. The predicted molar refractivity (Wildman–Crippen MR) is 95.9 cm³/mol. The summed E-state index contributed by atoms with van der Waals surface area (Å²) in [5.74, 6) is 0.229. The first-order valence-corrected chi connectivity index (χ1v) is 8.59. The number of carbonyl (C=O) groups is 1. The number of benzene rings is 1. The van der Waals surface area contributed by atoms with Crippen molar-refractivity contribution >= 4 is 11.6 Å². The van der Waals surface area contributed by atoms with E-state index in [0.717, 1.165) is 50.5 Å². The highest BCUT2D eigenvalue weighted by Crippen LogP contribution is 2.25. The normalized spacial score (nSPS) is 16.5. The average Bonchev–Trinajstić information content (AvgIpc) is 2.60. The van der Waals surface area contributed by atoms with E-state index in [0.29, 0.717) is 0 Å². The van der Waals surface area contributed by atoms with Crippen molar-refractivity contribution in [2.24, 2.45) is 0 Å². The van der Waals surface area contributed by atoms with Crippen molar-refractivity contribution in [2.75, 3.05) is 58.3 Å². The van der Waals surface area contributed by atoms with E-state index >= 15 is 0 Å². The van der Waals surface area contributed by atoms with Crippen molar-refractivity contribution in [1.29, 1.82) is 0 Å².